The van der Waals surface area contributed by atoms with Gasteiger partial charge in [-0.3, -0.25) is 0 Å². The number of fused-ring (bicyclic) bond motifs is 13. The lowest BCUT2D eigenvalue weighted by Gasteiger charge is -2.33. The van der Waals surface area contributed by atoms with Crippen LogP contribution >= 0.6 is 11.3 Å². The van der Waals surface area contributed by atoms with Crippen molar-refractivity contribution in [3.63, 3.8) is 0 Å². The van der Waals surface area contributed by atoms with Crippen molar-refractivity contribution in [2.45, 2.75) is 0 Å². The molecule has 0 bridgehead atoms. The van der Waals surface area contributed by atoms with Crippen LogP contribution in [0.3, 0.4) is 0 Å². The van der Waals surface area contributed by atoms with E-state index in [1.54, 1.807) is 0 Å². The summed E-state index contributed by atoms with van der Waals surface area (Å²) in [5, 5.41) is 7.48. The molecule has 0 aliphatic carbocycles. The van der Waals surface area contributed by atoms with Crippen molar-refractivity contribution in [2.75, 3.05) is 0 Å². The summed E-state index contributed by atoms with van der Waals surface area (Å²) in [6, 6.07) is 68.0. The summed E-state index contributed by atoms with van der Waals surface area (Å²) in [5.41, 5.74) is 12.8. The van der Waals surface area contributed by atoms with Gasteiger partial charge in [0.1, 0.15) is 23.0 Å². The Morgan fingerprint density at radius 1 is 0.383 bits per heavy atom. The molecule has 0 fully saturated rings. The Hall–Kier alpha value is -7.54. The van der Waals surface area contributed by atoms with Crippen LogP contribution in [-0.4, -0.2) is 15.8 Å². The number of hydrogen-bond acceptors (Lipinski definition) is 3. The van der Waals surface area contributed by atoms with Crippen LogP contribution in [0.15, 0.2) is 188 Å². The van der Waals surface area contributed by atoms with Gasteiger partial charge in [0.15, 0.2) is 0 Å². The molecule has 3 aromatic heterocycles. The summed E-state index contributed by atoms with van der Waals surface area (Å²) in [4.78, 5) is 0. The smallest absolute Gasteiger partial charge is 0.260 e. The number of ether oxygens (including phenoxy) is 2. The van der Waals surface area contributed by atoms with Gasteiger partial charge >= 0.3 is 0 Å². The molecule has 0 saturated carbocycles. The molecular formula is C54H31BN2O2S. The van der Waals surface area contributed by atoms with Crippen LogP contribution in [0.1, 0.15) is 0 Å². The van der Waals surface area contributed by atoms with E-state index in [1.807, 2.05) is 11.3 Å². The molecule has 278 valence electrons. The van der Waals surface area contributed by atoms with Crippen molar-refractivity contribution in [1.29, 1.82) is 0 Å². The largest absolute Gasteiger partial charge is 0.458 e. The molecule has 0 saturated heterocycles. The molecule has 60 heavy (non-hydrogen) atoms. The predicted molar refractivity (Wildman–Crippen MR) is 251 cm³/mol. The molecule has 0 atom stereocenters. The number of thiophene rings is 1. The summed E-state index contributed by atoms with van der Waals surface area (Å²) in [7, 11) is 0. The zero-order valence-corrected chi connectivity index (χ0v) is 32.9. The highest BCUT2D eigenvalue weighted by atomic mass is 32.1. The van der Waals surface area contributed by atoms with E-state index in [9.17, 15) is 0 Å². The Morgan fingerprint density at radius 2 is 0.900 bits per heavy atom. The van der Waals surface area contributed by atoms with Crippen LogP contribution in [0, 0.1) is 0 Å². The summed E-state index contributed by atoms with van der Waals surface area (Å²) in [6.07, 6.45) is 0. The van der Waals surface area contributed by atoms with E-state index in [2.05, 4.69) is 197 Å². The Bertz CT molecular complexity index is 3690. The van der Waals surface area contributed by atoms with Gasteiger partial charge in [-0.25, -0.2) is 0 Å². The lowest BCUT2D eigenvalue weighted by molar-refractivity contribution is 0.465. The number of benzene rings is 9. The minimum absolute atomic E-state index is 0.0471. The van der Waals surface area contributed by atoms with Gasteiger partial charge in [0, 0.05) is 48.2 Å². The third kappa shape index (κ3) is 4.35. The number of rotatable bonds is 3. The quantitative estimate of drug-likeness (QED) is 0.167. The fourth-order valence-electron chi connectivity index (χ4n) is 10.3. The standard InChI is InChI=1S/C54H31BN2O2S/c1-6-21-43-35(13-1)36-14-2-7-22-44(36)56(43)33-27-28-46-40(31-33)37-15-3-8-23-45(37)57(46)47-24-12-18-39-38-17-11-16-34(53(38)60-54(39)47)32-29-50-52-51(30-32)59-49-26-10-5-20-42(49)55(52)41-19-4-9-25-48(41)58-50/h1-31H. The van der Waals surface area contributed by atoms with Gasteiger partial charge in [-0.05, 0) is 88.8 Å². The molecule has 0 unspecified atom stereocenters. The highest BCUT2D eigenvalue weighted by Crippen LogP contribution is 2.46. The van der Waals surface area contributed by atoms with E-state index in [-0.39, 0.29) is 6.71 Å². The lowest BCUT2D eigenvalue weighted by Crippen LogP contribution is -2.57. The molecule has 5 heterocycles. The molecule has 0 radical (unpaired) electrons. The van der Waals surface area contributed by atoms with E-state index < -0.39 is 0 Å². The second-order valence-electron chi connectivity index (χ2n) is 16.0. The summed E-state index contributed by atoms with van der Waals surface area (Å²) >= 11 is 1.87. The maximum absolute atomic E-state index is 6.71. The van der Waals surface area contributed by atoms with Crippen LogP contribution in [0.25, 0.3) is 86.3 Å². The van der Waals surface area contributed by atoms with Crippen LogP contribution in [-0.2, 0) is 0 Å². The summed E-state index contributed by atoms with van der Waals surface area (Å²) in [6.45, 7) is 0.0471. The molecular weight excluding hydrogens is 751 g/mol. The third-order valence-electron chi connectivity index (χ3n) is 12.8. The van der Waals surface area contributed by atoms with Crippen LogP contribution in [0.4, 0.5) is 0 Å². The van der Waals surface area contributed by atoms with E-state index in [0.29, 0.717) is 0 Å². The molecule has 14 rings (SSSR count). The van der Waals surface area contributed by atoms with Crippen molar-refractivity contribution >= 4 is 98.2 Å². The first kappa shape index (κ1) is 32.4. The van der Waals surface area contributed by atoms with Gasteiger partial charge in [0.2, 0.25) is 0 Å². The number of nitrogens with zero attached hydrogens (tertiary/aromatic N) is 2. The van der Waals surface area contributed by atoms with Gasteiger partial charge in [-0.1, -0.05) is 121 Å². The molecule has 0 N–H and O–H groups in total. The zero-order valence-electron chi connectivity index (χ0n) is 32.1. The van der Waals surface area contributed by atoms with Gasteiger partial charge in [-0.2, -0.15) is 0 Å². The van der Waals surface area contributed by atoms with Crippen molar-refractivity contribution < 1.29 is 9.47 Å². The predicted octanol–water partition coefficient (Wildman–Crippen LogP) is 12.6. The first-order valence-corrected chi connectivity index (χ1v) is 21.3. The van der Waals surface area contributed by atoms with Crippen molar-refractivity contribution in [2.24, 2.45) is 0 Å². The number of hydrogen-bond donors (Lipinski definition) is 0. The lowest BCUT2D eigenvalue weighted by atomic mass is 9.35. The molecule has 2 aliphatic heterocycles. The Labute approximate surface area is 348 Å². The molecule has 9 aromatic carbocycles. The van der Waals surface area contributed by atoms with E-state index in [1.165, 1.54) is 86.0 Å². The van der Waals surface area contributed by atoms with Gasteiger partial charge in [0.05, 0.1) is 32.5 Å². The minimum atomic E-state index is 0.0471. The van der Waals surface area contributed by atoms with Crippen molar-refractivity contribution in [3.8, 4) is 45.5 Å². The summed E-state index contributed by atoms with van der Waals surface area (Å²) in [5.74, 6) is 3.50. The normalized spacial score (nSPS) is 12.9. The first-order valence-electron chi connectivity index (χ1n) is 20.4. The molecule has 0 amide bonds. The van der Waals surface area contributed by atoms with E-state index in [0.717, 1.165) is 39.7 Å². The second kappa shape index (κ2) is 12.0. The Morgan fingerprint density at radius 3 is 1.57 bits per heavy atom. The third-order valence-corrected chi connectivity index (χ3v) is 14.1. The van der Waals surface area contributed by atoms with E-state index in [4.69, 9.17) is 9.47 Å². The maximum atomic E-state index is 6.71. The molecule has 2 aliphatic rings. The maximum Gasteiger partial charge on any atom is 0.260 e. The van der Waals surface area contributed by atoms with Gasteiger partial charge < -0.3 is 18.6 Å². The average Bonchev–Trinajstić information content (AvgIpc) is 3.96. The fraction of sp³-hybridized carbons (Fsp3) is 0. The molecule has 0 spiro atoms. The van der Waals surface area contributed by atoms with Crippen LogP contribution in [0.5, 0.6) is 23.0 Å². The minimum Gasteiger partial charge on any atom is -0.458 e. The van der Waals surface area contributed by atoms with Gasteiger partial charge in [0.25, 0.3) is 6.71 Å². The first-order chi connectivity index (χ1) is 29.8. The zero-order chi connectivity index (χ0) is 39.1. The van der Waals surface area contributed by atoms with Crippen LogP contribution in [0.2, 0.25) is 0 Å². The molecule has 6 heteroatoms. The average molecular weight is 783 g/mol. The summed E-state index contributed by atoms with van der Waals surface area (Å²) < 4.78 is 20.8. The fourth-order valence-corrected chi connectivity index (χ4v) is 11.7. The van der Waals surface area contributed by atoms with Crippen molar-refractivity contribution in [1.82, 2.24) is 9.13 Å². The van der Waals surface area contributed by atoms with Crippen molar-refractivity contribution in [3.05, 3.63) is 188 Å². The Kier molecular flexibility index (Phi) is 6.49. The SMILES string of the molecule is c1ccc2c(c1)Oc1cc(-c3cccc4c3sc3c(-n5c6ccccc6c6cc(-n7c8ccccc8c8ccccc87)ccc65)cccc34)cc3c1B2c1ccccc1O3. The highest BCUT2D eigenvalue weighted by molar-refractivity contribution is 7.26. The van der Waals surface area contributed by atoms with Crippen LogP contribution < -0.4 is 25.9 Å². The second-order valence-corrected chi connectivity index (χ2v) is 17.0. The number of para-hydroxylation sites is 5. The molecule has 4 nitrogen and oxygen atoms in total. The monoisotopic (exact) mass is 782 g/mol. The van der Waals surface area contributed by atoms with Gasteiger partial charge in [-0.15, -0.1) is 11.3 Å². The Balaban J connectivity index is 0.965. The topological polar surface area (TPSA) is 28.3 Å². The van der Waals surface area contributed by atoms with E-state index >= 15 is 0 Å². The number of aromatic nitrogens is 2. The molecule has 12 aromatic rings. The highest BCUT2D eigenvalue weighted by Gasteiger charge is 2.40.